The number of nitrogens with one attached hydrogen (secondary N) is 2. The first-order valence-corrected chi connectivity index (χ1v) is 8.47. The summed E-state index contributed by atoms with van der Waals surface area (Å²) in [5.74, 6) is -0.212. The number of imide groups is 1. The zero-order valence-electron chi connectivity index (χ0n) is 14.1. The minimum atomic E-state index is -0.604. The van der Waals surface area contributed by atoms with Gasteiger partial charge in [-0.25, -0.2) is 9.48 Å². The summed E-state index contributed by atoms with van der Waals surface area (Å²) in [6.45, 7) is 1.74. The summed E-state index contributed by atoms with van der Waals surface area (Å²) >= 11 is 0. The number of amides is 3. The minimum Gasteiger partial charge on any atom is -0.335 e. The monoisotopic (exact) mass is 343 g/mol. The number of carbonyl (C=O) groups is 2. The molecule has 8 nitrogen and oxygen atoms in total. The molecule has 2 aromatic rings. The summed E-state index contributed by atoms with van der Waals surface area (Å²) in [7, 11) is 0. The van der Waals surface area contributed by atoms with Crippen molar-refractivity contribution < 1.29 is 9.59 Å². The smallest absolute Gasteiger partial charge is 0.321 e. The molecule has 3 amide bonds. The van der Waals surface area contributed by atoms with E-state index in [4.69, 9.17) is 0 Å². The maximum atomic E-state index is 12.3. The number of aromatic nitrogens is 3. The Labute approximate surface area is 144 Å². The third-order valence-electron chi connectivity index (χ3n) is 4.60. The molecule has 8 heteroatoms. The van der Waals surface area contributed by atoms with Crippen LogP contribution in [0, 0.1) is 5.92 Å². The predicted molar refractivity (Wildman–Crippen MR) is 91.9 cm³/mol. The standard InChI is InChI=1S/C17H21N5O3/c1-11-6-2-4-8-13(11)18-17(25)19-15(23)10-22-16(24)12-7-3-5-9-14(12)20-21-22/h3,5,7,9,11,13H,2,4,6,8,10H2,1H3,(H2,18,19,23,25)/t11-,13+/m0/s1. The molecule has 1 aliphatic rings. The van der Waals surface area contributed by atoms with E-state index in [1.54, 1.807) is 24.3 Å². The van der Waals surface area contributed by atoms with Gasteiger partial charge in [0.15, 0.2) is 0 Å². The van der Waals surface area contributed by atoms with Gasteiger partial charge in [-0.15, -0.1) is 5.10 Å². The Bertz CT molecular complexity index is 848. The van der Waals surface area contributed by atoms with E-state index in [2.05, 4.69) is 27.9 Å². The molecular weight excluding hydrogens is 322 g/mol. The van der Waals surface area contributed by atoms with E-state index in [0.29, 0.717) is 16.8 Å². The molecule has 0 bridgehead atoms. The van der Waals surface area contributed by atoms with Crippen LogP contribution in [-0.2, 0) is 11.3 Å². The van der Waals surface area contributed by atoms with Gasteiger partial charge in [-0.05, 0) is 30.9 Å². The molecule has 1 aliphatic carbocycles. The van der Waals surface area contributed by atoms with E-state index < -0.39 is 17.5 Å². The molecule has 0 saturated heterocycles. The largest absolute Gasteiger partial charge is 0.335 e. The van der Waals surface area contributed by atoms with Crippen LogP contribution in [0.5, 0.6) is 0 Å². The average molecular weight is 343 g/mol. The van der Waals surface area contributed by atoms with Gasteiger partial charge in [0.25, 0.3) is 5.56 Å². The maximum absolute atomic E-state index is 12.3. The Kier molecular flexibility index (Phi) is 5.06. The Hall–Kier alpha value is -2.77. The van der Waals surface area contributed by atoms with Gasteiger partial charge in [0.1, 0.15) is 12.1 Å². The van der Waals surface area contributed by atoms with Gasteiger partial charge in [-0.2, -0.15) is 0 Å². The molecule has 132 valence electrons. The third-order valence-corrected chi connectivity index (χ3v) is 4.60. The van der Waals surface area contributed by atoms with Crippen LogP contribution < -0.4 is 16.2 Å². The molecule has 0 radical (unpaired) electrons. The third kappa shape index (κ3) is 4.01. The van der Waals surface area contributed by atoms with Gasteiger partial charge < -0.3 is 5.32 Å². The van der Waals surface area contributed by atoms with Gasteiger partial charge >= 0.3 is 6.03 Å². The van der Waals surface area contributed by atoms with Crippen molar-refractivity contribution >= 4 is 22.8 Å². The van der Waals surface area contributed by atoms with Crippen LogP contribution in [0.2, 0.25) is 0 Å². The molecule has 0 aliphatic heterocycles. The quantitative estimate of drug-likeness (QED) is 0.871. The number of carbonyl (C=O) groups excluding carboxylic acids is 2. The lowest BCUT2D eigenvalue weighted by atomic mass is 9.86. The number of fused-ring (bicyclic) bond motifs is 1. The highest BCUT2D eigenvalue weighted by Gasteiger charge is 2.23. The summed E-state index contributed by atoms with van der Waals surface area (Å²) in [5, 5.41) is 13.1. The number of urea groups is 1. The number of rotatable bonds is 3. The molecule has 1 heterocycles. The predicted octanol–water partition coefficient (Wildman–Crippen LogP) is 1.20. The lowest BCUT2D eigenvalue weighted by Crippen LogP contribution is -2.49. The van der Waals surface area contributed by atoms with Gasteiger partial charge in [0.05, 0.1) is 5.39 Å². The lowest BCUT2D eigenvalue weighted by molar-refractivity contribution is -0.120. The summed E-state index contributed by atoms with van der Waals surface area (Å²) in [6.07, 6.45) is 4.23. The van der Waals surface area contributed by atoms with Crippen molar-refractivity contribution in [1.82, 2.24) is 25.6 Å². The second-order valence-electron chi connectivity index (χ2n) is 6.46. The molecule has 1 saturated carbocycles. The van der Waals surface area contributed by atoms with Crippen molar-refractivity contribution in [2.24, 2.45) is 5.92 Å². The van der Waals surface area contributed by atoms with E-state index >= 15 is 0 Å². The van der Waals surface area contributed by atoms with Gasteiger partial charge in [-0.1, -0.05) is 37.1 Å². The van der Waals surface area contributed by atoms with E-state index in [0.717, 1.165) is 23.9 Å². The molecule has 3 rings (SSSR count). The molecule has 2 atom stereocenters. The topological polar surface area (TPSA) is 106 Å². The van der Waals surface area contributed by atoms with Gasteiger partial charge in [-0.3, -0.25) is 14.9 Å². The summed E-state index contributed by atoms with van der Waals surface area (Å²) in [6, 6.07) is 6.30. The van der Waals surface area contributed by atoms with Gasteiger partial charge in [0.2, 0.25) is 5.91 Å². The fourth-order valence-electron chi connectivity index (χ4n) is 3.16. The van der Waals surface area contributed by atoms with Crippen molar-refractivity contribution in [3.8, 4) is 0 Å². The number of nitrogens with zero attached hydrogens (tertiary/aromatic N) is 3. The maximum Gasteiger partial charge on any atom is 0.321 e. The SMILES string of the molecule is C[C@H]1CCCC[C@H]1NC(=O)NC(=O)Cn1nnc2ccccc2c1=O. The second-order valence-corrected chi connectivity index (χ2v) is 6.46. The Morgan fingerprint density at radius 3 is 2.80 bits per heavy atom. The average Bonchev–Trinajstić information content (AvgIpc) is 2.59. The van der Waals surface area contributed by atoms with Crippen molar-refractivity contribution in [2.75, 3.05) is 0 Å². The highest BCUT2D eigenvalue weighted by molar-refractivity contribution is 5.94. The van der Waals surface area contributed by atoms with Crippen molar-refractivity contribution in [3.63, 3.8) is 0 Å². The van der Waals surface area contributed by atoms with Crippen LogP contribution in [0.1, 0.15) is 32.6 Å². The Morgan fingerprint density at radius 1 is 1.24 bits per heavy atom. The Balaban J connectivity index is 1.61. The molecule has 1 aromatic carbocycles. The van der Waals surface area contributed by atoms with Crippen molar-refractivity contribution in [3.05, 3.63) is 34.6 Å². The van der Waals surface area contributed by atoms with Crippen LogP contribution in [-0.4, -0.2) is 33.0 Å². The fraction of sp³-hybridized carbons (Fsp3) is 0.471. The summed E-state index contributed by atoms with van der Waals surface area (Å²) in [5.41, 5.74) is 0.0512. The van der Waals surface area contributed by atoms with Crippen LogP contribution in [0.4, 0.5) is 4.79 Å². The number of hydrogen-bond acceptors (Lipinski definition) is 5. The zero-order chi connectivity index (χ0) is 17.8. The minimum absolute atomic E-state index is 0.0738. The fourth-order valence-corrected chi connectivity index (χ4v) is 3.16. The number of hydrogen-bond donors (Lipinski definition) is 2. The molecule has 25 heavy (non-hydrogen) atoms. The van der Waals surface area contributed by atoms with Crippen LogP contribution in [0.15, 0.2) is 29.1 Å². The first-order chi connectivity index (χ1) is 12.0. The van der Waals surface area contributed by atoms with Crippen LogP contribution >= 0.6 is 0 Å². The van der Waals surface area contributed by atoms with Crippen LogP contribution in [0.3, 0.4) is 0 Å². The van der Waals surface area contributed by atoms with Crippen molar-refractivity contribution in [1.29, 1.82) is 0 Å². The first kappa shape index (κ1) is 17.1. The highest BCUT2D eigenvalue weighted by Crippen LogP contribution is 2.23. The van der Waals surface area contributed by atoms with E-state index in [9.17, 15) is 14.4 Å². The summed E-state index contributed by atoms with van der Waals surface area (Å²) < 4.78 is 0.953. The van der Waals surface area contributed by atoms with E-state index in [-0.39, 0.29) is 12.6 Å². The first-order valence-electron chi connectivity index (χ1n) is 8.47. The molecular formula is C17H21N5O3. The highest BCUT2D eigenvalue weighted by atomic mass is 16.2. The van der Waals surface area contributed by atoms with Crippen molar-refractivity contribution in [2.45, 2.75) is 45.2 Å². The molecule has 0 unspecified atom stereocenters. The van der Waals surface area contributed by atoms with Crippen LogP contribution in [0.25, 0.3) is 10.9 Å². The lowest BCUT2D eigenvalue weighted by Gasteiger charge is -2.29. The Morgan fingerprint density at radius 2 is 2.00 bits per heavy atom. The van der Waals surface area contributed by atoms with Gasteiger partial charge in [0, 0.05) is 6.04 Å². The zero-order valence-corrected chi connectivity index (χ0v) is 14.1. The molecule has 0 spiro atoms. The molecule has 2 N–H and O–H groups in total. The second kappa shape index (κ2) is 7.42. The summed E-state index contributed by atoms with van der Waals surface area (Å²) in [4.78, 5) is 36.3. The number of benzene rings is 1. The molecule has 1 fully saturated rings. The van der Waals surface area contributed by atoms with E-state index in [1.165, 1.54) is 6.42 Å². The molecule has 1 aromatic heterocycles. The normalized spacial score (nSPS) is 20.2. The van der Waals surface area contributed by atoms with E-state index in [1.807, 2.05) is 0 Å².